The Bertz CT molecular complexity index is 1020. The SMILES string of the molecule is CS(=O)(=O)N1CCc2c(cccc2NC(=O)/C=C/c2ccc(OC(F)F)cc2)C1. The van der Waals surface area contributed by atoms with Gasteiger partial charge in [0.25, 0.3) is 0 Å². The fourth-order valence-corrected chi connectivity index (χ4v) is 3.89. The number of fused-ring (bicyclic) bond motifs is 1. The van der Waals surface area contributed by atoms with E-state index in [0.29, 0.717) is 24.2 Å². The molecular weight excluding hydrogens is 402 g/mol. The first kappa shape index (κ1) is 20.9. The Kier molecular flexibility index (Phi) is 6.29. The molecule has 1 heterocycles. The van der Waals surface area contributed by atoms with Gasteiger partial charge in [0.2, 0.25) is 15.9 Å². The standard InChI is InChI=1S/C20H20F2N2O4S/c1-29(26,27)24-12-11-17-15(13-24)3-2-4-18(17)23-19(25)10-7-14-5-8-16(9-6-14)28-20(21)22/h2-10,20H,11-13H2,1H3,(H,23,25)/b10-7+. The quantitative estimate of drug-likeness (QED) is 0.725. The summed E-state index contributed by atoms with van der Waals surface area (Å²) in [6.07, 6.45) is 4.59. The second kappa shape index (κ2) is 8.71. The molecule has 1 aliphatic heterocycles. The molecule has 1 amide bonds. The molecule has 0 saturated heterocycles. The maximum atomic E-state index is 12.3. The molecule has 0 unspecified atom stereocenters. The third kappa shape index (κ3) is 5.61. The van der Waals surface area contributed by atoms with E-state index in [-0.39, 0.29) is 18.2 Å². The summed E-state index contributed by atoms with van der Waals surface area (Å²) in [6.45, 7) is -2.24. The van der Waals surface area contributed by atoms with E-state index >= 15 is 0 Å². The number of nitrogens with zero attached hydrogens (tertiary/aromatic N) is 1. The number of nitrogens with one attached hydrogen (secondary N) is 1. The number of carbonyl (C=O) groups is 1. The monoisotopic (exact) mass is 422 g/mol. The van der Waals surface area contributed by atoms with Crippen molar-refractivity contribution in [3.8, 4) is 5.75 Å². The maximum Gasteiger partial charge on any atom is 0.387 e. The fourth-order valence-electron chi connectivity index (χ4n) is 3.09. The molecule has 3 rings (SSSR count). The molecule has 29 heavy (non-hydrogen) atoms. The van der Waals surface area contributed by atoms with Crippen LogP contribution >= 0.6 is 0 Å². The molecule has 0 aromatic heterocycles. The van der Waals surface area contributed by atoms with Crippen LogP contribution in [0, 0.1) is 0 Å². The lowest BCUT2D eigenvalue weighted by molar-refractivity contribution is -0.111. The van der Waals surface area contributed by atoms with Crippen LogP contribution in [0.1, 0.15) is 16.7 Å². The Morgan fingerprint density at radius 3 is 2.59 bits per heavy atom. The topological polar surface area (TPSA) is 75.7 Å². The maximum absolute atomic E-state index is 12.3. The van der Waals surface area contributed by atoms with Gasteiger partial charge in [-0.15, -0.1) is 0 Å². The van der Waals surface area contributed by atoms with E-state index in [9.17, 15) is 22.0 Å². The van der Waals surface area contributed by atoms with Crippen LogP contribution in [-0.2, 0) is 27.8 Å². The normalized spacial score (nSPS) is 14.8. The Balaban J connectivity index is 1.66. The Morgan fingerprint density at radius 2 is 1.93 bits per heavy atom. The van der Waals surface area contributed by atoms with E-state index in [1.807, 2.05) is 6.07 Å². The summed E-state index contributed by atoms with van der Waals surface area (Å²) in [5.74, 6) is -0.308. The van der Waals surface area contributed by atoms with Crippen molar-refractivity contribution in [1.82, 2.24) is 4.31 Å². The highest BCUT2D eigenvalue weighted by Crippen LogP contribution is 2.27. The lowest BCUT2D eigenvalue weighted by Gasteiger charge is -2.28. The van der Waals surface area contributed by atoms with Gasteiger partial charge in [0, 0.05) is 24.9 Å². The van der Waals surface area contributed by atoms with Crippen molar-refractivity contribution in [1.29, 1.82) is 0 Å². The molecule has 1 aliphatic rings. The smallest absolute Gasteiger partial charge is 0.387 e. The lowest BCUT2D eigenvalue weighted by Crippen LogP contribution is -2.35. The van der Waals surface area contributed by atoms with Crippen LogP contribution < -0.4 is 10.1 Å². The first-order valence-electron chi connectivity index (χ1n) is 8.82. The predicted molar refractivity (Wildman–Crippen MR) is 106 cm³/mol. The van der Waals surface area contributed by atoms with Crippen molar-refractivity contribution in [3.63, 3.8) is 0 Å². The van der Waals surface area contributed by atoms with E-state index in [4.69, 9.17) is 0 Å². The van der Waals surface area contributed by atoms with Crippen LogP contribution in [0.2, 0.25) is 0 Å². The van der Waals surface area contributed by atoms with Gasteiger partial charge in [-0.2, -0.15) is 13.1 Å². The molecule has 1 N–H and O–H groups in total. The molecular formula is C20H20F2N2O4S. The van der Waals surface area contributed by atoms with Crippen LogP contribution in [0.25, 0.3) is 6.08 Å². The Morgan fingerprint density at radius 1 is 1.21 bits per heavy atom. The number of alkyl halides is 2. The van der Waals surface area contributed by atoms with E-state index in [0.717, 1.165) is 11.1 Å². The number of sulfonamides is 1. The molecule has 2 aromatic rings. The van der Waals surface area contributed by atoms with Crippen molar-refractivity contribution < 1.29 is 26.7 Å². The van der Waals surface area contributed by atoms with Crippen LogP contribution in [0.5, 0.6) is 5.75 Å². The number of benzene rings is 2. The average Bonchev–Trinajstić information content (AvgIpc) is 2.66. The summed E-state index contributed by atoms with van der Waals surface area (Å²) in [7, 11) is -3.27. The van der Waals surface area contributed by atoms with Crippen LogP contribution in [0.15, 0.2) is 48.5 Å². The van der Waals surface area contributed by atoms with Crippen molar-refractivity contribution in [3.05, 3.63) is 65.2 Å². The van der Waals surface area contributed by atoms with Gasteiger partial charge in [-0.3, -0.25) is 4.79 Å². The fraction of sp³-hybridized carbons (Fsp3) is 0.250. The molecule has 0 bridgehead atoms. The Hall–Kier alpha value is -2.78. The molecule has 6 nitrogen and oxygen atoms in total. The highest BCUT2D eigenvalue weighted by Gasteiger charge is 2.24. The number of hydrogen-bond donors (Lipinski definition) is 1. The summed E-state index contributed by atoms with van der Waals surface area (Å²) in [4.78, 5) is 12.3. The van der Waals surface area contributed by atoms with Gasteiger partial charge in [-0.05, 0) is 47.4 Å². The van der Waals surface area contributed by atoms with Crippen molar-refractivity contribution in [2.45, 2.75) is 19.6 Å². The number of rotatable bonds is 6. The zero-order chi connectivity index (χ0) is 21.0. The molecule has 0 aliphatic carbocycles. The van der Waals surface area contributed by atoms with E-state index < -0.39 is 16.6 Å². The number of carbonyl (C=O) groups excluding carboxylic acids is 1. The number of anilines is 1. The number of hydrogen-bond acceptors (Lipinski definition) is 4. The van der Waals surface area contributed by atoms with Gasteiger partial charge < -0.3 is 10.1 Å². The third-order valence-electron chi connectivity index (χ3n) is 4.49. The van der Waals surface area contributed by atoms with Crippen LogP contribution in [0.3, 0.4) is 0 Å². The van der Waals surface area contributed by atoms with E-state index in [1.165, 1.54) is 28.8 Å². The minimum absolute atomic E-state index is 0.0423. The molecule has 0 atom stereocenters. The van der Waals surface area contributed by atoms with Crippen LogP contribution in [-0.4, -0.2) is 38.0 Å². The molecule has 0 radical (unpaired) electrons. The Labute approximate surface area is 167 Å². The summed E-state index contributed by atoms with van der Waals surface area (Å²) in [5, 5.41) is 2.81. The van der Waals surface area contributed by atoms with Gasteiger partial charge in [-0.25, -0.2) is 8.42 Å². The zero-order valence-electron chi connectivity index (χ0n) is 15.6. The number of halogens is 2. The number of ether oxygens (including phenoxy) is 1. The van der Waals surface area contributed by atoms with Crippen molar-refractivity contribution in [2.24, 2.45) is 0 Å². The molecule has 0 saturated carbocycles. The number of amides is 1. The second-order valence-electron chi connectivity index (χ2n) is 6.56. The third-order valence-corrected chi connectivity index (χ3v) is 5.74. The van der Waals surface area contributed by atoms with Gasteiger partial charge in [0.1, 0.15) is 5.75 Å². The average molecular weight is 422 g/mol. The molecule has 0 spiro atoms. The van der Waals surface area contributed by atoms with E-state index in [2.05, 4.69) is 10.1 Å². The highest BCUT2D eigenvalue weighted by molar-refractivity contribution is 7.88. The largest absolute Gasteiger partial charge is 0.435 e. The summed E-state index contributed by atoms with van der Waals surface area (Å²) < 4.78 is 53.5. The van der Waals surface area contributed by atoms with Crippen molar-refractivity contribution >= 4 is 27.7 Å². The van der Waals surface area contributed by atoms with Gasteiger partial charge in [0.05, 0.1) is 6.26 Å². The summed E-state index contributed by atoms with van der Waals surface area (Å²) in [5.41, 5.74) is 3.08. The predicted octanol–water partition coefficient (Wildman–Crippen LogP) is 3.26. The van der Waals surface area contributed by atoms with Gasteiger partial charge in [0.15, 0.2) is 0 Å². The summed E-state index contributed by atoms with van der Waals surface area (Å²) >= 11 is 0. The van der Waals surface area contributed by atoms with Gasteiger partial charge >= 0.3 is 6.61 Å². The molecule has 2 aromatic carbocycles. The molecule has 0 fully saturated rings. The van der Waals surface area contributed by atoms with Crippen LogP contribution in [0.4, 0.5) is 14.5 Å². The summed E-state index contributed by atoms with van der Waals surface area (Å²) in [6, 6.07) is 11.3. The highest BCUT2D eigenvalue weighted by atomic mass is 32.2. The van der Waals surface area contributed by atoms with Crippen molar-refractivity contribution in [2.75, 3.05) is 18.1 Å². The zero-order valence-corrected chi connectivity index (χ0v) is 16.5. The lowest BCUT2D eigenvalue weighted by atomic mass is 9.99. The minimum atomic E-state index is -3.27. The van der Waals surface area contributed by atoms with E-state index in [1.54, 1.807) is 30.3 Å². The molecule has 154 valence electrons. The first-order valence-corrected chi connectivity index (χ1v) is 10.7. The van der Waals surface area contributed by atoms with Gasteiger partial charge in [-0.1, -0.05) is 24.3 Å². The second-order valence-corrected chi connectivity index (χ2v) is 8.54. The molecule has 9 heteroatoms. The first-order chi connectivity index (χ1) is 13.7. The minimum Gasteiger partial charge on any atom is -0.435 e.